The number of aromatic nitrogens is 4. The zero-order chi connectivity index (χ0) is 21.8. The summed E-state index contributed by atoms with van der Waals surface area (Å²) in [6, 6.07) is 5.76. The number of amides is 1. The quantitative estimate of drug-likeness (QED) is 0.465. The molecule has 0 spiro atoms. The maximum absolute atomic E-state index is 11.6. The largest absolute Gasteiger partial charge is 0.467 e. The Morgan fingerprint density at radius 2 is 2.16 bits per heavy atom. The van der Waals surface area contributed by atoms with Crippen molar-refractivity contribution in [3.05, 3.63) is 48.3 Å². The van der Waals surface area contributed by atoms with Gasteiger partial charge in [-0.25, -0.2) is 15.0 Å². The number of fused-ring (bicyclic) bond motifs is 1. The molecule has 3 aromatic rings. The first-order valence-corrected chi connectivity index (χ1v) is 9.99. The molecule has 158 valence electrons. The molecule has 0 bridgehead atoms. The molecule has 10 heteroatoms. The molecule has 3 heterocycles. The molecule has 0 radical (unpaired) electrons. The maximum Gasteiger partial charge on any atom is 0.318 e. The second-order valence-corrected chi connectivity index (χ2v) is 7.37. The first-order valence-electron chi connectivity index (χ1n) is 9.61. The molecule has 9 nitrogen and oxygen atoms in total. The van der Waals surface area contributed by atoms with Crippen molar-refractivity contribution >= 4 is 52.1 Å². The van der Waals surface area contributed by atoms with Gasteiger partial charge in [0.05, 0.1) is 30.0 Å². The average molecular weight is 438 g/mol. The van der Waals surface area contributed by atoms with Gasteiger partial charge in [-0.05, 0) is 30.7 Å². The fourth-order valence-electron chi connectivity index (χ4n) is 3.34. The van der Waals surface area contributed by atoms with Crippen molar-refractivity contribution in [2.24, 2.45) is 10.9 Å². The van der Waals surface area contributed by atoms with Gasteiger partial charge in [-0.2, -0.15) is 9.97 Å². The molecular formula is C21H20ClN7O2. The lowest BCUT2D eigenvalue weighted by atomic mass is 10.1. The Bertz CT molecular complexity index is 1150. The molecule has 0 saturated carbocycles. The number of hydrogen-bond donors (Lipinski definition) is 1. The predicted octanol–water partition coefficient (Wildman–Crippen LogP) is 3.44. The van der Waals surface area contributed by atoms with Gasteiger partial charge in [0, 0.05) is 36.3 Å². The SMILES string of the molecule is C=CC(=O)Nc1ccc2c(N3CCC(/C=N/c4ncc(Cl)cn4)C3)nc(OC)nc2c1. The summed E-state index contributed by atoms with van der Waals surface area (Å²) in [6.07, 6.45) is 7.04. The summed E-state index contributed by atoms with van der Waals surface area (Å²) in [6.45, 7) is 5.01. The van der Waals surface area contributed by atoms with E-state index in [4.69, 9.17) is 16.3 Å². The molecule has 1 saturated heterocycles. The summed E-state index contributed by atoms with van der Waals surface area (Å²) in [7, 11) is 1.53. The molecule has 1 aliphatic rings. The van der Waals surface area contributed by atoms with Crippen molar-refractivity contribution in [3.8, 4) is 6.01 Å². The first kappa shape index (κ1) is 20.7. The number of hydrogen-bond acceptors (Lipinski definition) is 8. The zero-order valence-corrected chi connectivity index (χ0v) is 17.6. The van der Waals surface area contributed by atoms with Crippen LogP contribution in [0.1, 0.15) is 6.42 Å². The van der Waals surface area contributed by atoms with Crippen LogP contribution in [-0.2, 0) is 4.79 Å². The minimum absolute atomic E-state index is 0.224. The Balaban J connectivity index is 1.57. The summed E-state index contributed by atoms with van der Waals surface area (Å²) < 4.78 is 5.30. The molecule has 1 atom stereocenters. The number of carbonyl (C=O) groups is 1. The molecule has 1 N–H and O–H groups in total. The van der Waals surface area contributed by atoms with Crippen molar-refractivity contribution in [2.45, 2.75) is 6.42 Å². The van der Waals surface area contributed by atoms with Gasteiger partial charge in [-0.15, -0.1) is 0 Å². The van der Waals surface area contributed by atoms with Crippen LogP contribution in [0.5, 0.6) is 6.01 Å². The molecule has 31 heavy (non-hydrogen) atoms. The Morgan fingerprint density at radius 1 is 1.35 bits per heavy atom. The van der Waals surface area contributed by atoms with Gasteiger partial charge in [-0.1, -0.05) is 18.2 Å². The summed E-state index contributed by atoms with van der Waals surface area (Å²) >= 11 is 5.81. The lowest BCUT2D eigenvalue weighted by Crippen LogP contribution is -2.22. The third-order valence-electron chi connectivity index (χ3n) is 4.82. The molecule has 1 amide bonds. The number of halogens is 1. The highest BCUT2D eigenvalue weighted by molar-refractivity contribution is 6.30. The highest BCUT2D eigenvalue weighted by atomic mass is 35.5. The topological polar surface area (TPSA) is 105 Å². The summed E-state index contributed by atoms with van der Waals surface area (Å²) in [5.74, 6) is 1.10. The van der Waals surface area contributed by atoms with Crippen molar-refractivity contribution in [3.63, 3.8) is 0 Å². The maximum atomic E-state index is 11.6. The number of rotatable bonds is 6. The molecule has 1 unspecified atom stereocenters. The Morgan fingerprint density at radius 3 is 2.90 bits per heavy atom. The van der Waals surface area contributed by atoms with Crippen LogP contribution >= 0.6 is 11.6 Å². The lowest BCUT2D eigenvalue weighted by molar-refractivity contribution is -0.111. The third-order valence-corrected chi connectivity index (χ3v) is 5.02. The van der Waals surface area contributed by atoms with Gasteiger partial charge < -0.3 is 15.0 Å². The molecule has 2 aromatic heterocycles. The van der Waals surface area contributed by atoms with Crippen LogP contribution in [0.2, 0.25) is 5.02 Å². The van der Waals surface area contributed by atoms with E-state index in [9.17, 15) is 4.79 Å². The normalized spacial score (nSPS) is 16.1. The number of nitrogens with zero attached hydrogens (tertiary/aromatic N) is 6. The van der Waals surface area contributed by atoms with E-state index in [0.29, 0.717) is 22.2 Å². The van der Waals surface area contributed by atoms with Gasteiger partial charge in [0.1, 0.15) is 5.82 Å². The number of ether oxygens (including phenoxy) is 1. The van der Waals surface area contributed by atoms with Crippen molar-refractivity contribution in [1.29, 1.82) is 0 Å². The van der Waals surface area contributed by atoms with Gasteiger partial charge in [-0.3, -0.25) is 4.79 Å². The molecule has 1 aliphatic heterocycles. The van der Waals surface area contributed by atoms with Gasteiger partial charge >= 0.3 is 6.01 Å². The average Bonchev–Trinajstić information content (AvgIpc) is 3.26. The van der Waals surface area contributed by atoms with E-state index in [-0.39, 0.29) is 17.8 Å². The Labute approximate surface area is 183 Å². The number of benzene rings is 1. The van der Waals surface area contributed by atoms with E-state index in [1.807, 2.05) is 18.3 Å². The van der Waals surface area contributed by atoms with E-state index >= 15 is 0 Å². The van der Waals surface area contributed by atoms with Crippen molar-refractivity contribution < 1.29 is 9.53 Å². The van der Waals surface area contributed by atoms with Crippen LogP contribution in [0.25, 0.3) is 10.9 Å². The summed E-state index contributed by atoms with van der Waals surface area (Å²) in [4.78, 5) is 35.3. The monoisotopic (exact) mass is 437 g/mol. The van der Waals surface area contributed by atoms with E-state index < -0.39 is 0 Å². The van der Waals surface area contributed by atoms with Crippen molar-refractivity contribution in [1.82, 2.24) is 19.9 Å². The minimum Gasteiger partial charge on any atom is -0.467 e. The van der Waals surface area contributed by atoms with E-state index in [2.05, 4.69) is 41.7 Å². The standard InChI is InChI=1S/C21H20ClN7O2/c1-3-18(30)26-15-4-5-16-17(8-15)27-21(31-2)28-19(16)29-7-6-13(12-29)9-23-20-24-10-14(22)11-25-20/h3-5,8-11,13H,1,6-7,12H2,2H3,(H,26,30)/b23-9+. The second kappa shape index (κ2) is 9.05. The zero-order valence-electron chi connectivity index (χ0n) is 16.8. The van der Waals surface area contributed by atoms with Crippen molar-refractivity contribution in [2.75, 3.05) is 30.4 Å². The Kier molecular flexibility index (Phi) is 6.03. The fraction of sp³-hybridized carbons (Fsp3) is 0.238. The summed E-state index contributed by atoms with van der Waals surface area (Å²) in [5, 5.41) is 4.09. The van der Waals surface area contributed by atoms with Crippen LogP contribution in [0, 0.1) is 5.92 Å². The molecular weight excluding hydrogens is 418 g/mol. The highest BCUT2D eigenvalue weighted by Crippen LogP contribution is 2.31. The number of nitrogens with one attached hydrogen (secondary N) is 1. The van der Waals surface area contributed by atoms with Crippen LogP contribution < -0.4 is 15.0 Å². The fourth-order valence-corrected chi connectivity index (χ4v) is 3.44. The van der Waals surface area contributed by atoms with Gasteiger partial charge in [0.15, 0.2) is 0 Å². The van der Waals surface area contributed by atoms with E-state index in [1.54, 1.807) is 6.07 Å². The van der Waals surface area contributed by atoms with E-state index in [1.165, 1.54) is 25.6 Å². The smallest absolute Gasteiger partial charge is 0.318 e. The summed E-state index contributed by atoms with van der Waals surface area (Å²) in [5.41, 5.74) is 1.30. The lowest BCUT2D eigenvalue weighted by Gasteiger charge is -2.19. The third kappa shape index (κ3) is 4.77. The minimum atomic E-state index is -0.285. The number of carbonyl (C=O) groups excluding carboxylic acids is 1. The molecule has 0 aliphatic carbocycles. The highest BCUT2D eigenvalue weighted by Gasteiger charge is 2.25. The predicted molar refractivity (Wildman–Crippen MR) is 120 cm³/mol. The van der Waals surface area contributed by atoms with Gasteiger partial charge in [0.25, 0.3) is 0 Å². The molecule has 1 aromatic carbocycles. The van der Waals surface area contributed by atoms with Crippen LogP contribution in [0.15, 0.2) is 48.2 Å². The number of methoxy groups -OCH3 is 1. The van der Waals surface area contributed by atoms with Crippen LogP contribution in [-0.4, -0.2) is 52.3 Å². The van der Waals surface area contributed by atoms with Gasteiger partial charge in [0.2, 0.25) is 11.9 Å². The first-order chi connectivity index (χ1) is 15.1. The number of aliphatic imine (C=N–C) groups is 1. The number of anilines is 2. The van der Waals surface area contributed by atoms with Crippen LogP contribution in [0.3, 0.4) is 0 Å². The molecule has 4 rings (SSSR count). The second-order valence-electron chi connectivity index (χ2n) is 6.93. The van der Waals surface area contributed by atoms with Crippen LogP contribution in [0.4, 0.5) is 17.5 Å². The molecule has 1 fully saturated rings. The van der Waals surface area contributed by atoms with E-state index in [0.717, 1.165) is 30.7 Å². The Hall–Kier alpha value is -3.59.